The number of nitrogens with one attached hydrogen (secondary N) is 1. The average Bonchev–Trinajstić information content (AvgIpc) is 3.21. The second-order valence-corrected chi connectivity index (χ2v) is 20.0. The Morgan fingerprint density at radius 2 is 1.31 bits per heavy atom. The lowest BCUT2D eigenvalue weighted by Crippen LogP contribution is -2.52. The second-order valence-electron chi connectivity index (χ2n) is 17.3. The first-order valence-corrected chi connectivity index (χ1v) is 26.2. The number of carboxylic acids is 1. The standard InChI is InChI=1S/C48H88N3O9PS/c1-6-8-10-12-14-16-18-20-21-22-23-25-27-29-31-34-44(52)43(40-60-61(57,58)59-39-38-51(3,4)5)50-48(56)42(49)41-62-46(45(53)35-33-37-47(54)55)36-32-30-28-26-24-19-17-15-13-11-9-7-2/h15,17,24,26,28,30-32,34,36,42-46,52-53H,6-14,16,18-23,25,27,29,33,35,37-41,49H2,1-5H3,(H2-,50,54,55,56,57,58)/p+1/b17-15-,26-24-,30-28+,34-31+,36-32+/t42-,43-,44+,45-,46+/m0/s1. The van der Waals surface area contributed by atoms with Crippen LogP contribution >= 0.6 is 19.6 Å². The van der Waals surface area contributed by atoms with Crippen LogP contribution in [0.3, 0.4) is 0 Å². The molecule has 0 aliphatic carbocycles. The third kappa shape index (κ3) is 38.4. The molecule has 0 aliphatic heterocycles. The Labute approximate surface area is 381 Å². The molecule has 14 heteroatoms. The van der Waals surface area contributed by atoms with Gasteiger partial charge in [0.1, 0.15) is 13.2 Å². The van der Waals surface area contributed by atoms with E-state index in [-0.39, 0.29) is 25.2 Å². The highest BCUT2D eigenvalue weighted by atomic mass is 32.2. The molecule has 0 aromatic carbocycles. The van der Waals surface area contributed by atoms with E-state index >= 15 is 0 Å². The Morgan fingerprint density at radius 1 is 0.742 bits per heavy atom. The molecule has 1 amide bonds. The second kappa shape index (κ2) is 39.3. The number of likely N-dealkylation sites (N-methyl/N-ethyl adjacent to an activating group) is 1. The number of hydrogen-bond acceptors (Lipinski definition) is 9. The molecule has 0 bridgehead atoms. The van der Waals surface area contributed by atoms with E-state index < -0.39 is 55.8 Å². The Bertz CT molecular complexity index is 1320. The molecule has 0 saturated carbocycles. The van der Waals surface area contributed by atoms with Crippen molar-refractivity contribution >= 4 is 31.5 Å². The largest absolute Gasteiger partial charge is 0.481 e. The van der Waals surface area contributed by atoms with Crippen molar-refractivity contribution in [3.63, 3.8) is 0 Å². The number of rotatable bonds is 42. The van der Waals surface area contributed by atoms with Crippen molar-refractivity contribution in [3.8, 4) is 0 Å². The first-order chi connectivity index (χ1) is 29.6. The summed E-state index contributed by atoms with van der Waals surface area (Å²) in [6.07, 6.45) is 40.1. The molecule has 6 atom stereocenters. The fourth-order valence-corrected chi connectivity index (χ4v) is 8.16. The van der Waals surface area contributed by atoms with E-state index in [0.29, 0.717) is 17.4 Å². The van der Waals surface area contributed by atoms with E-state index in [9.17, 15) is 29.3 Å². The van der Waals surface area contributed by atoms with Gasteiger partial charge in [-0.2, -0.15) is 0 Å². The third-order valence-electron chi connectivity index (χ3n) is 10.2. The van der Waals surface area contributed by atoms with E-state index in [0.717, 1.165) is 38.5 Å². The highest BCUT2D eigenvalue weighted by molar-refractivity contribution is 8.00. The Morgan fingerprint density at radius 3 is 1.92 bits per heavy atom. The van der Waals surface area contributed by atoms with Gasteiger partial charge in [0.05, 0.1) is 52.0 Å². The third-order valence-corrected chi connectivity index (χ3v) is 12.6. The number of thioether (sulfide) groups is 1. The van der Waals surface area contributed by atoms with Gasteiger partial charge in [-0.3, -0.25) is 18.6 Å². The number of amides is 1. The average molecular weight is 915 g/mol. The van der Waals surface area contributed by atoms with Gasteiger partial charge in [0.2, 0.25) is 5.91 Å². The molecule has 12 nitrogen and oxygen atoms in total. The summed E-state index contributed by atoms with van der Waals surface area (Å²) in [7, 11) is 1.27. The van der Waals surface area contributed by atoms with Gasteiger partial charge in [0.25, 0.3) is 0 Å². The van der Waals surface area contributed by atoms with Gasteiger partial charge in [0.15, 0.2) is 0 Å². The minimum absolute atomic E-state index is 0.0287. The van der Waals surface area contributed by atoms with Crippen molar-refractivity contribution in [3.05, 3.63) is 60.8 Å². The zero-order valence-electron chi connectivity index (χ0n) is 39.3. The molecule has 360 valence electrons. The quantitative estimate of drug-likeness (QED) is 0.0112. The summed E-state index contributed by atoms with van der Waals surface area (Å²) < 4.78 is 23.6. The topological polar surface area (TPSA) is 189 Å². The van der Waals surface area contributed by atoms with E-state index in [1.165, 1.54) is 95.2 Å². The molecule has 7 N–H and O–H groups in total. The van der Waals surface area contributed by atoms with Gasteiger partial charge in [-0.1, -0.05) is 164 Å². The summed E-state index contributed by atoms with van der Waals surface area (Å²) in [5, 5.41) is 33.4. The van der Waals surface area contributed by atoms with E-state index in [2.05, 4.69) is 37.4 Å². The summed E-state index contributed by atoms with van der Waals surface area (Å²) in [6.45, 7) is 4.36. The number of aliphatic carboxylic acids is 1. The van der Waals surface area contributed by atoms with Crippen LogP contribution in [0, 0.1) is 0 Å². The van der Waals surface area contributed by atoms with Crippen molar-refractivity contribution in [1.82, 2.24) is 5.32 Å². The molecule has 0 aliphatic rings. The number of phosphoric ester groups is 1. The van der Waals surface area contributed by atoms with E-state index in [4.69, 9.17) is 19.9 Å². The predicted molar refractivity (Wildman–Crippen MR) is 259 cm³/mol. The molecule has 0 fully saturated rings. The molecule has 0 heterocycles. The number of unbranched alkanes of at least 4 members (excludes halogenated alkanes) is 16. The van der Waals surface area contributed by atoms with Crippen LogP contribution in [0.15, 0.2) is 60.8 Å². The van der Waals surface area contributed by atoms with Crippen LogP contribution in [-0.2, 0) is 23.2 Å². The fraction of sp³-hybridized carbons (Fsp3) is 0.750. The summed E-state index contributed by atoms with van der Waals surface area (Å²) in [6, 6.07) is -2.17. The smallest absolute Gasteiger partial charge is 0.472 e. The number of allylic oxidation sites excluding steroid dienone is 8. The molecule has 1 unspecified atom stereocenters. The van der Waals surface area contributed by atoms with Crippen LogP contribution in [-0.4, -0.2) is 113 Å². The molecule has 0 spiro atoms. The minimum atomic E-state index is -4.50. The van der Waals surface area contributed by atoms with Crippen molar-refractivity contribution in [2.75, 3.05) is 46.7 Å². The summed E-state index contributed by atoms with van der Waals surface area (Å²) >= 11 is 1.26. The van der Waals surface area contributed by atoms with Gasteiger partial charge in [-0.05, 0) is 44.9 Å². The monoisotopic (exact) mass is 915 g/mol. The summed E-state index contributed by atoms with van der Waals surface area (Å²) in [5.41, 5.74) is 6.33. The number of nitrogens with two attached hydrogens (primary N) is 1. The van der Waals surface area contributed by atoms with Gasteiger partial charge in [0, 0.05) is 17.4 Å². The number of quaternary nitrogens is 1. The van der Waals surface area contributed by atoms with Crippen LogP contribution < -0.4 is 11.1 Å². The maximum Gasteiger partial charge on any atom is 0.472 e. The summed E-state index contributed by atoms with van der Waals surface area (Å²) in [4.78, 5) is 34.9. The summed E-state index contributed by atoms with van der Waals surface area (Å²) in [5.74, 6) is -1.46. The van der Waals surface area contributed by atoms with Crippen LogP contribution in [0.5, 0.6) is 0 Å². The molecular formula is C48H89N3O9PS+. The van der Waals surface area contributed by atoms with Gasteiger partial charge in [-0.15, -0.1) is 11.8 Å². The molecule has 0 radical (unpaired) electrons. The first kappa shape index (κ1) is 59.9. The number of carbonyl (C=O) groups is 2. The molecule has 0 aromatic heterocycles. The van der Waals surface area contributed by atoms with Crippen molar-refractivity contribution in [2.24, 2.45) is 5.73 Å². The zero-order valence-corrected chi connectivity index (χ0v) is 41.0. The Kier molecular flexibility index (Phi) is 38.0. The van der Waals surface area contributed by atoms with Crippen LogP contribution in [0.2, 0.25) is 0 Å². The highest BCUT2D eigenvalue weighted by Gasteiger charge is 2.29. The van der Waals surface area contributed by atoms with Gasteiger partial charge >= 0.3 is 13.8 Å². The van der Waals surface area contributed by atoms with E-state index in [1.54, 1.807) is 18.2 Å². The number of aliphatic hydroxyl groups excluding tert-OH is 2. The van der Waals surface area contributed by atoms with Crippen LogP contribution in [0.25, 0.3) is 0 Å². The number of aliphatic hydroxyl groups is 2. The van der Waals surface area contributed by atoms with Crippen molar-refractivity contribution in [1.29, 1.82) is 0 Å². The Hall–Kier alpha value is -2.06. The van der Waals surface area contributed by atoms with Gasteiger partial charge < -0.3 is 35.7 Å². The molecule has 0 rings (SSSR count). The Balaban J connectivity index is 5.39. The predicted octanol–water partition coefficient (Wildman–Crippen LogP) is 9.95. The van der Waals surface area contributed by atoms with Crippen molar-refractivity contribution in [2.45, 2.75) is 185 Å². The number of hydrogen-bond donors (Lipinski definition) is 6. The number of nitrogens with zero attached hydrogens (tertiary/aromatic N) is 1. The van der Waals surface area contributed by atoms with E-state index in [1.807, 2.05) is 45.4 Å². The number of phosphoric acid groups is 1. The number of carboxylic acid groups (broad SMARTS) is 1. The molecule has 0 saturated heterocycles. The molecule has 0 aromatic rings. The lowest BCUT2D eigenvalue weighted by Gasteiger charge is -2.26. The first-order valence-electron chi connectivity index (χ1n) is 23.6. The maximum absolute atomic E-state index is 13.4. The zero-order chi connectivity index (χ0) is 46.3. The highest BCUT2D eigenvalue weighted by Crippen LogP contribution is 2.43. The number of carbonyl (C=O) groups excluding carboxylic acids is 1. The molecule has 62 heavy (non-hydrogen) atoms. The van der Waals surface area contributed by atoms with Crippen molar-refractivity contribution < 1.29 is 47.9 Å². The fourth-order valence-electron chi connectivity index (χ4n) is 6.28. The molecular weight excluding hydrogens is 826 g/mol. The normalized spacial score (nSPS) is 16.1. The minimum Gasteiger partial charge on any atom is -0.481 e. The lowest BCUT2D eigenvalue weighted by atomic mass is 10.0. The van der Waals surface area contributed by atoms with Crippen LogP contribution in [0.4, 0.5) is 0 Å². The van der Waals surface area contributed by atoms with Crippen LogP contribution in [0.1, 0.15) is 155 Å². The maximum atomic E-state index is 13.4. The lowest BCUT2D eigenvalue weighted by molar-refractivity contribution is -0.870. The van der Waals surface area contributed by atoms with Gasteiger partial charge in [-0.25, -0.2) is 4.57 Å². The SMILES string of the molecule is CCCCC/C=C\C\C=C/C=C/C=C/[C@@H](SC[C@H](N)C(=O)N[C@@H](COP(=O)(O)OCC[N+](C)(C)C)[C@H](O)/C=C/CCCCCCCCCCCCCCC)[C@@H](O)CCCC(=O)O.